The standard InChI is InChI=1S/C15H18N2O5S/c1-22-15(19)10-2-6-13(7-3-10)23(20,21)17-11-4-5-12(17)9-16-14(18)8-11/h2-3,6-7,11-12H,4-5,8-9H2,1H3,(H,16,18). The first kappa shape index (κ1) is 15.9. The number of hydrogen-bond donors (Lipinski definition) is 1. The van der Waals surface area contributed by atoms with Gasteiger partial charge in [0.05, 0.1) is 17.6 Å². The first-order valence-corrected chi connectivity index (χ1v) is 8.86. The van der Waals surface area contributed by atoms with Crippen molar-refractivity contribution in [2.45, 2.75) is 36.2 Å². The van der Waals surface area contributed by atoms with Crippen molar-refractivity contribution in [3.63, 3.8) is 0 Å². The van der Waals surface area contributed by atoms with Crippen molar-refractivity contribution in [2.24, 2.45) is 0 Å². The van der Waals surface area contributed by atoms with Crippen LogP contribution in [0.25, 0.3) is 0 Å². The Labute approximate surface area is 134 Å². The number of nitrogens with zero attached hydrogens (tertiary/aromatic N) is 1. The molecule has 0 aliphatic carbocycles. The monoisotopic (exact) mass is 338 g/mol. The van der Waals surface area contributed by atoms with E-state index in [4.69, 9.17) is 0 Å². The van der Waals surface area contributed by atoms with Gasteiger partial charge in [0.15, 0.2) is 0 Å². The lowest BCUT2D eigenvalue weighted by Crippen LogP contribution is -2.42. The van der Waals surface area contributed by atoms with Gasteiger partial charge in [-0.15, -0.1) is 0 Å². The minimum absolute atomic E-state index is 0.113. The zero-order valence-electron chi connectivity index (χ0n) is 12.7. The van der Waals surface area contributed by atoms with Crippen LogP contribution in [0.2, 0.25) is 0 Å². The molecule has 2 heterocycles. The average Bonchev–Trinajstić information content (AvgIpc) is 2.86. The molecule has 2 bridgehead atoms. The third-order valence-corrected chi connectivity index (χ3v) is 6.38. The van der Waals surface area contributed by atoms with Crippen molar-refractivity contribution in [2.75, 3.05) is 13.7 Å². The quantitative estimate of drug-likeness (QED) is 0.811. The maximum Gasteiger partial charge on any atom is 0.337 e. The Balaban J connectivity index is 1.92. The number of fused-ring (bicyclic) bond motifs is 2. The molecule has 2 unspecified atom stereocenters. The summed E-state index contributed by atoms with van der Waals surface area (Å²) in [5.41, 5.74) is 0.294. The molecule has 2 atom stereocenters. The molecule has 8 heteroatoms. The van der Waals surface area contributed by atoms with Crippen LogP contribution in [-0.4, -0.2) is 50.3 Å². The number of esters is 1. The molecule has 1 aromatic rings. The zero-order valence-corrected chi connectivity index (χ0v) is 13.5. The highest BCUT2D eigenvalue weighted by atomic mass is 32.2. The van der Waals surface area contributed by atoms with Crippen LogP contribution in [0.15, 0.2) is 29.2 Å². The molecule has 2 aliphatic heterocycles. The Morgan fingerprint density at radius 3 is 2.52 bits per heavy atom. The van der Waals surface area contributed by atoms with Crippen molar-refractivity contribution in [3.8, 4) is 0 Å². The Bertz CT molecular complexity index is 729. The van der Waals surface area contributed by atoms with E-state index in [2.05, 4.69) is 10.1 Å². The van der Waals surface area contributed by atoms with Crippen LogP contribution in [0, 0.1) is 0 Å². The predicted octanol–water partition coefficient (Wildman–Crippen LogP) is 0.515. The van der Waals surface area contributed by atoms with Gasteiger partial charge >= 0.3 is 5.97 Å². The lowest BCUT2D eigenvalue weighted by atomic mass is 10.1. The number of ether oxygens (including phenoxy) is 1. The lowest BCUT2D eigenvalue weighted by molar-refractivity contribution is -0.121. The molecule has 2 saturated heterocycles. The van der Waals surface area contributed by atoms with E-state index in [9.17, 15) is 18.0 Å². The predicted molar refractivity (Wildman–Crippen MR) is 81.2 cm³/mol. The van der Waals surface area contributed by atoms with Gasteiger partial charge in [0, 0.05) is 25.0 Å². The van der Waals surface area contributed by atoms with Gasteiger partial charge in [0.1, 0.15) is 0 Å². The molecule has 3 rings (SSSR count). The van der Waals surface area contributed by atoms with Gasteiger partial charge in [-0.1, -0.05) is 0 Å². The fourth-order valence-electron chi connectivity index (χ4n) is 3.23. The summed E-state index contributed by atoms with van der Waals surface area (Å²) >= 11 is 0. The maximum atomic E-state index is 12.9. The molecule has 7 nitrogen and oxygen atoms in total. The summed E-state index contributed by atoms with van der Waals surface area (Å²) in [6.45, 7) is 0.342. The van der Waals surface area contributed by atoms with Gasteiger partial charge in [-0.05, 0) is 37.1 Å². The Morgan fingerprint density at radius 2 is 1.87 bits per heavy atom. The summed E-state index contributed by atoms with van der Waals surface area (Å²) in [6, 6.07) is 5.16. The third-order valence-electron chi connectivity index (χ3n) is 4.36. The highest BCUT2D eigenvalue weighted by Gasteiger charge is 2.44. The van der Waals surface area contributed by atoms with E-state index >= 15 is 0 Å². The molecule has 0 spiro atoms. The molecule has 1 N–H and O–H groups in total. The van der Waals surface area contributed by atoms with Gasteiger partial charge in [-0.3, -0.25) is 4.79 Å². The number of benzene rings is 1. The van der Waals surface area contributed by atoms with Gasteiger partial charge < -0.3 is 10.1 Å². The second kappa shape index (κ2) is 5.93. The summed E-state index contributed by atoms with van der Waals surface area (Å²) in [7, 11) is -2.44. The number of carbonyl (C=O) groups is 2. The number of amides is 1. The molecule has 0 aromatic heterocycles. The van der Waals surface area contributed by atoms with Gasteiger partial charge in [0.25, 0.3) is 0 Å². The molecule has 0 saturated carbocycles. The van der Waals surface area contributed by atoms with Crippen LogP contribution < -0.4 is 5.32 Å². The summed E-state index contributed by atoms with van der Waals surface area (Å²) < 4.78 is 31.9. The zero-order chi connectivity index (χ0) is 16.6. The number of rotatable bonds is 3. The molecule has 124 valence electrons. The Hall–Kier alpha value is -1.93. The number of sulfonamides is 1. The van der Waals surface area contributed by atoms with Crippen LogP contribution >= 0.6 is 0 Å². The molecule has 1 aromatic carbocycles. The average molecular weight is 338 g/mol. The van der Waals surface area contributed by atoms with Crippen molar-refractivity contribution in [3.05, 3.63) is 29.8 Å². The van der Waals surface area contributed by atoms with E-state index in [1.807, 2.05) is 0 Å². The van der Waals surface area contributed by atoms with E-state index in [1.54, 1.807) is 0 Å². The minimum atomic E-state index is -3.70. The number of hydrogen-bond acceptors (Lipinski definition) is 5. The second-order valence-corrected chi connectivity index (χ2v) is 7.59. The van der Waals surface area contributed by atoms with Crippen LogP contribution in [-0.2, 0) is 19.6 Å². The van der Waals surface area contributed by atoms with Crippen LogP contribution in [0.1, 0.15) is 29.6 Å². The maximum absolute atomic E-state index is 12.9. The summed E-state index contributed by atoms with van der Waals surface area (Å²) in [4.78, 5) is 23.2. The van der Waals surface area contributed by atoms with Crippen molar-refractivity contribution in [1.82, 2.24) is 9.62 Å². The molecule has 0 radical (unpaired) electrons. The molecular formula is C15H18N2O5S. The molecule has 2 aliphatic rings. The van der Waals surface area contributed by atoms with Crippen LogP contribution in [0.3, 0.4) is 0 Å². The van der Waals surface area contributed by atoms with Gasteiger partial charge in [-0.2, -0.15) is 4.31 Å². The molecule has 1 amide bonds. The fourth-order valence-corrected chi connectivity index (χ4v) is 5.10. The normalized spacial score (nSPS) is 24.8. The number of carbonyl (C=O) groups excluding carboxylic acids is 2. The van der Waals surface area contributed by atoms with Crippen molar-refractivity contribution < 1.29 is 22.7 Å². The van der Waals surface area contributed by atoms with E-state index in [0.29, 0.717) is 18.5 Å². The number of methoxy groups -OCH3 is 1. The highest BCUT2D eigenvalue weighted by Crippen LogP contribution is 2.34. The van der Waals surface area contributed by atoms with E-state index in [-0.39, 0.29) is 29.3 Å². The Kier molecular flexibility index (Phi) is 4.11. The summed E-state index contributed by atoms with van der Waals surface area (Å²) in [6.07, 6.45) is 1.62. The smallest absolute Gasteiger partial charge is 0.337 e. The van der Waals surface area contributed by atoms with Gasteiger partial charge in [0.2, 0.25) is 15.9 Å². The molecule has 2 fully saturated rings. The molecule has 23 heavy (non-hydrogen) atoms. The topological polar surface area (TPSA) is 92.8 Å². The van der Waals surface area contributed by atoms with Crippen LogP contribution in [0.4, 0.5) is 0 Å². The SMILES string of the molecule is COC(=O)c1ccc(S(=O)(=O)N2C3CCC2CC(=O)NC3)cc1. The van der Waals surface area contributed by atoms with Crippen molar-refractivity contribution in [1.29, 1.82) is 0 Å². The van der Waals surface area contributed by atoms with E-state index in [0.717, 1.165) is 6.42 Å². The summed E-state index contributed by atoms with van der Waals surface area (Å²) in [5, 5.41) is 2.75. The highest BCUT2D eigenvalue weighted by molar-refractivity contribution is 7.89. The van der Waals surface area contributed by atoms with Gasteiger partial charge in [-0.25, -0.2) is 13.2 Å². The largest absolute Gasteiger partial charge is 0.465 e. The lowest BCUT2D eigenvalue weighted by Gasteiger charge is -2.26. The van der Waals surface area contributed by atoms with Crippen molar-refractivity contribution >= 4 is 21.9 Å². The van der Waals surface area contributed by atoms with Crippen LogP contribution in [0.5, 0.6) is 0 Å². The number of nitrogens with one attached hydrogen (secondary N) is 1. The second-order valence-electron chi connectivity index (χ2n) is 5.74. The molecular weight excluding hydrogens is 320 g/mol. The first-order valence-electron chi connectivity index (χ1n) is 7.42. The first-order chi connectivity index (χ1) is 10.9. The van der Waals surface area contributed by atoms with E-state index in [1.165, 1.54) is 35.7 Å². The third kappa shape index (κ3) is 2.84. The van der Waals surface area contributed by atoms with E-state index < -0.39 is 16.0 Å². The Morgan fingerprint density at radius 1 is 1.22 bits per heavy atom. The summed E-state index contributed by atoms with van der Waals surface area (Å²) in [5.74, 6) is -0.628. The minimum Gasteiger partial charge on any atom is -0.465 e. The fraction of sp³-hybridized carbons (Fsp3) is 0.467.